The molecule has 0 bridgehead atoms. The zero-order chi connectivity index (χ0) is 14.2. The molecule has 4 nitrogen and oxygen atoms in total. The summed E-state index contributed by atoms with van der Waals surface area (Å²) >= 11 is 3.48. The van der Waals surface area contributed by atoms with Crippen LogP contribution in [0.25, 0.3) is 10.9 Å². The zero-order valence-electron chi connectivity index (χ0n) is 11.7. The molecule has 110 valence electrons. The molecule has 20 heavy (non-hydrogen) atoms. The van der Waals surface area contributed by atoms with Gasteiger partial charge in [0.05, 0.1) is 33.0 Å². The number of halogens is 1. The van der Waals surface area contributed by atoms with E-state index in [2.05, 4.69) is 51.0 Å². The molecule has 0 fully saturated rings. The van der Waals surface area contributed by atoms with Crippen molar-refractivity contribution < 1.29 is 14.2 Å². The molecule has 5 heteroatoms. The predicted molar refractivity (Wildman–Crippen MR) is 83.2 cm³/mol. The molecule has 1 aromatic carbocycles. The van der Waals surface area contributed by atoms with Gasteiger partial charge in [0, 0.05) is 35.2 Å². The number of methoxy groups -OCH3 is 1. The third-order valence-electron chi connectivity index (χ3n) is 3.01. The van der Waals surface area contributed by atoms with E-state index in [9.17, 15) is 0 Å². The van der Waals surface area contributed by atoms with Crippen LogP contribution in [0.2, 0.25) is 0 Å². The summed E-state index contributed by atoms with van der Waals surface area (Å²) in [6.07, 6.45) is 2.09. The van der Waals surface area contributed by atoms with Crippen LogP contribution in [0.1, 0.15) is 0 Å². The van der Waals surface area contributed by atoms with E-state index in [4.69, 9.17) is 14.2 Å². The highest BCUT2D eigenvalue weighted by atomic mass is 79.9. The third kappa shape index (κ3) is 4.59. The van der Waals surface area contributed by atoms with Gasteiger partial charge >= 0.3 is 0 Å². The van der Waals surface area contributed by atoms with E-state index in [1.807, 2.05) is 0 Å². The van der Waals surface area contributed by atoms with E-state index >= 15 is 0 Å². The molecule has 0 radical (unpaired) electrons. The second kappa shape index (κ2) is 8.42. The average molecular weight is 342 g/mol. The lowest BCUT2D eigenvalue weighted by Crippen LogP contribution is -2.11. The first-order chi connectivity index (χ1) is 9.81. The van der Waals surface area contributed by atoms with Gasteiger partial charge in [0.25, 0.3) is 0 Å². The van der Waals surface area contributed by atoms with Crippen LogP contribution in [0.4, 0.5) is 0 Å². The van der Waals surface area contributed by atoms with Crippen molar-refractivity contribution in [2.24, 2.45) is 0 Å². The van der Waals surface area contributed by atoms with E-state index in [1.165, 1.54) is 10.9 Å². The van der Waals surface area contributed by atoms with E-state index in [0.717, 1.165) is 11.0 Å². The second-order valence-corrected chi connectivity index (χ2v) is 5.35. The van der Waals surface area contributed by atoms with Crippen molar-refractivity contribution in [3.05, 3.63) is 34.9 Å². The summed E-state index contributed by atoms with van der Waals surface area (Å²) in [6, 6.07) is 8.42. The molecule has 1 aromatic heterocycles. The van der Waals surface area contributed by atoms with Crippen molar-refractivity contribution in [1.29, 1.82) is 0 Å². The number of benzene rings is 1. The minimum Gasteiger partial charge on any atom is -0.382 e. The third-order valence-corrected chi connectivity index (χ3v) is 3.51. The largest absolute Gasteiger partial charge is 0.382 e. The number of hydrogen-bond donors (Lipinski definition) is 0. The molecule has 0 N–H and O–H groups in total. The molecule has 0 aliphatic carbocycles. The Morgan fingerprint density at radius 1 is 1.00 bits per heavy atom. The molecule has 0 saturated heterocycles. The first-order valence-electron chi connectivity index (χ1n) is 6.70. The minimum atomic E-state index is 0.614. The Labute approximate surface area is 127 Å². The number of nitrogens with zero attached hydrogens (tertiary/aromatic N) is 1. The van der Waals surface area contributed by atoms with Crippen LogP contribution in [0.3, 0.4) is 0 Å². The van der Waals surface area contributed by atoms with Crippen molar-refractivity contribution in [3.8, 4) is 0 Å². The van der Waals surface area contributed by atoms with Crippen LogP contribution in [0, 0.1) is 0 Å². The lowest BCUT2D eigenvalue weighted by molar-refractivity contribution is 0.0232. The zero-order valence-corrected chi connectivity index (χ0v) is 13.3. The molecule has 0 amide bonds. The monoisotopic (exact) mass is 341 g/mol. The van der Waals surface area contributed by atoms with E-state index < -0.39 is 0 Å². The molecular formula is C15H20BrNO3. The fourth-order valence-corrected chi connectivity index (χ4v) is 2.37. The normalized spacial score (nSPS) is 11.3. The van der Waals surface area contributed by atoms with E-state index in [1.54, 1.807) is 7.11 Å². The fourth-order valence-electron chi connectivity index (χ4n) is 1.99. The number of fused-ring (bicyclic) bond motifs is 1. The topological polar surface area (TPSA) is 32.6 Å². The summed E-state index contributed by atoms with van der Waals surface area (Å²) < 4.78 is 19.1. The summed E-state index contributed by atoms with van der Waals surface area (Å²) in [5.74, 6) is 0. The lowest BCUT2D eigenvalue weighted by Gasteiger charge is -2.07. The van der Waals surface area contributed by atoms with E-state index in [0.29, 0.717) is 33.0 Å². The lowest BCUT2D eigenvalue weighted by atomic mass is 10.2. The van der Waals surface area contributed by atoms with Crippen LogP contribution in [-0.4, -0.2) is 44.7 Å². The highest BCUT2D eigenvalue weighted by Gasteiger charge is 2.01. The predicted octanol–water partition coefficient (Wildman–Crippen LogP) is 3.08. The number of ether oxygens (including phenoxy) is 3. The molecule has 2 aromatic rings. The van der Waals surface area contributed by atoms with Crippen LogP contribution >= 0.6 is 15.9 Å². The maximum atomic E-state index is 5.56. The van der Waals surface area contributed by atoms with Crippen molar-refractivity contribution in [1.82, 2.24) is 4.57 Å². The summed E-state index contributed by atoms with van der Waals surface area (Å²) in [4.78, 5) is 0. The molecule has 0 aliphatic rings. The highest BCUT2D eigenvalue weighted by molar-refractivity contribution is 9.10. The summed E-state index contributed by atoms with van der Waals surface area (Å²) in [5.41, 5.74) is 1.23. The first-order valence-corrected chi connectivity index (χ1v) is 7.49. The van der Waals surface area contributed by atoms with Gasteiger partial charge in [0.1, 0.15) is 0 Å². The molecule has 0 aliphatic heterocycles. The van der Waals surface area contributed by atoms with Crippen LogP contribution in [0.15, 0.2) is 34.9 Å². The number of aromatic nitrogens is 1. The molecular weight excluding hydrogens is 322 g/mol. The van der Waals surface area contributed by atoms with Crippen molar-refractivity contribution in [2.75, 3.05) is 40.1 Å². The van der Waals surface area contributed by atoms with Gasteiger partial charge < -0.3 is 18.8 Å². The Bertz CT molecular complexity index is 527. The Hall–Kier alpha value is -0.880. The summed E-state index contributed by atoms with van der Waals surface area (Å²) in [7, 11) is 1.67. The van der Waals surface area contributed by atoms with Gasteiger partial charge in [0.2, 0.25) is 0 Å². The first kappa shape index (κ1) is 15.5. The Kier molecular flexibility index (Phi) is 6.53. The van der Waals surface area contributed by atoms with Gasteiger partial charge in [-0.3, -0.25) is 0 Å². The molecule has 0 unspecified atom stereocenters. The van der Waals surface area contributed by atoms with Gasteiger partial charge in [0.15, 0.2) is 0 Å². The van der Waals surface area contributed by atoms with Crippen LogP contribution in [0.5, 0.6) is 0 Å². The van der Waals surface area contributed by atoms with Gasteiger partial charge in [-0.25, -0.2) is 0 Å². The van der Waals surface area contributed by atoms with Crippen molar-refractivity contribution in [3.63, 3.8) is 0 Å². The second-order valence-electron chi connectivity index (χ2n) is 4.43. The minimum absolute atomic E-state index is 0.614. The number of hydrogen-bond acceptors (Lipinski definition) is 3. The smallest absolute Gasteiger partial charge is 0.0701 e. The van der Waals surface area contributed by atoms with Crippen molar-refractivity contribution >= 4 is 26.8 Å². The standard InChI is InChI=1S/C15H20BrNO3/c1-18-8-9-20-11-10-19-7-6-17-5-4-13-12-14(16)2-3-15(13)17/h2-5,12H,6-11H2,1H3. The van der Waals surface area contributed by atoms with Gasteiger partial charge in [-0.1, -0.05) is 15.9 Å². The van der Waals surface area contributed by atoms with E-state index in [-0.39, 0.29) is 0 Å². The molecule has 0 spiro atoms. The Balaban J connectivity index is 1.68. The summed E-state index contributed by atoms with van der Waals surface area (Å²) in [5, 5.41) is 1.24. The summed E-state index contributed by atoms with van der Waals surface area (Å²) in [6.45, 7) is 4.02. The highest BCUT2D eigenvalue weighted by Crippen LogP contribution is 2.20. The maximum absolute atomic E-state index is 5.56. The van der Waals surface area contributed by atoms with Gasteiger partial charge in [-0.2, -0.15) is 0 Å². The van der Waals surface area contributed by atoms with Crippen molar-refractivity contribution in [2.45, 2.75) is 6.54 Å². The van der Waals surface area contributed by atoms with Gasteiger partial charge in [-0.05, 0) is 24.3 Å². The molecule has 2 rings (SSSR count). The quantitative estimate of drug-likeness (QED) is 0.657. The average Bonchev–Trinajstić information content (AvgIpc) is 2.84. The fraction of sp³-hybridized carbons (Fsp3) is 0.467. The Morgan fingerprint density at radius 3 is 2.55 bits per heavy atom. The SMILES string of the molecule is COCCOCCOCCn1ccc2cc(Br)ccc21. The van der Waals surface area contributed by atoms with Gasteiger partial charge in [-0.15, -0.1) is 0 Å². The molecule has 0 saturated carbocycles. The van der Waals surface area contributed by atoms with Crippen LogP contribution < -0.4 is 0 Å². The van der Waals surface area contributed by atoms with Crippen LogP contribution in [-0.2, 0) is 20.8 Å². The molecule has 1 heterocycles. The Morgan fingerprint density at radius 2 is 1.75 bits per heavy atom. The number of rotatable bonds is 9. The maximum Gasteiger partial charge on any atom is 0.0701 e. The molecule has 0 atom stereocenters.